The summed E-state index contributed by atoms with van der Waals surface area (Å²) in [5.74, 6) is 1.17. The summed E-state index contributed by atoms with van der Waals surface area (Å²) in [6, 6.07) is 3.65. The van der Waals surface area contributed by atoms with Gasteiger partial charge < -0.3 is 14.1 Å². The van der Waals surface area contributed by atoms with Crippen LogP contribution in [0, 0.1) is 6.92 Å². The van der Waals surface area contributed by atoms with E-state index in [9.17, 15) is 9.59 Å². The van der Waals surface area contributed by atoms with Gasteiger partial charge in [-0.3, -0.25) is 9.69 Å². The second kappa shape index (κ2) is 7.97. The first-order chi connectivity index (χ1) is 10.9. The maximum absolute atomic E-state index is 11.8. The molecule has 2 rings (SSSR count). The van der Waals surface area contributed by atoms with E-state index in [-0.39, 0.29) is 18.0 Å². The molecular weight excluding hydrogens is 296 g/mol. The number of amides is 1. The van der Waals surface area contributed by atoms with Crippen molar-refractivity contribution in [2.24, 2.45) is 0 Å². The van der Waals surface area contributed by atoms with Crippen LogP contribution < -0.4 is 0 Å². The Balaban J connectivity index is 1.72. The molecule has 2 heterocycles. The van der Waals surface area contributed by atoms with E-state index in [1.54, 1.807) is 31.1 Å². The van der Waals surface area contributed by atoms with Crippen molar-refractivity contribution in [3.63, 3.8) is 0 Å². The van der Waals surface area contributed by atoms with Gasteiger partial charge in [0.05, 0.1) is 6.54 Å². The van der Waals surface area contributed by atoms with E-state index in [1.165, 1.54) is 6.08 Å². The van der Waals surface area contributed by atoms with Crippen molar-refractivity contribution in [2.45, 2.75) is 25.9 Å². The predicted octanol–water partition coefficient (Wildman–Crippen LogP) is 1.70. The van der Waals surface area contributed by atoms with E-state index in [0.29, 0.717) is 12.3 Å². The molecule has 0 saturated carbocycles. The van der Waals surface area contributed by atoms with Gasteiger partial charge in [-0.2, -0.15) is 0 Å². The lowest BCUT2D eigenvalue weighted by molar-refractivity contribution is -0.145. The lowest BCUT2D eigenvalue weighted by Gasteiger charge is -2.31. The molecule has 0 unspecified atom stereocenters. The molecule has 6 nitrogen and oxygen atoms in total. The highest BCUT2D eigenvalue weighted by Gasteiger charge is 2.23. The van der Waals surface area contributed by atoms with Crippen molar-refractivity contribution in [1.29, 1.82) is 0 Å². The third-order valence-corrected chi connectivity index (χ3v) is 3.82. The van der Waals surface area contributed by atoms with Crippen LogP contribution in [-0.2, 0) is 14.3 Å². The Hall–Kier alpha value is -2.08. The van der Waals surface area contributed by atoms with Crippen LogP contribution in [0.4, 0.5) is 0 Å². The molecule has 0 bridgehead atoms. The summed E-state index contributed by atoms with van der Waals surface area (Å²) in [5, 5.41) is 0. The van der Waals surface area contributed by atoms with E-state index in [4.69, 9.17) is 9.15 Å². The monoisotopic (exact) mass is 320 g/mol. The van der Waals surface area contributed by atoms with E-state index in [1.807, 2.05) is 13.0 Å². The summed E-state index contributed by atoms with van der Waals surface area (Å²) < 4.78 is 10.8. The maximum Gasteiger partial charge on any atom is 0.331 e. The fourth-order valence-corrected chi connectivity index (χ4v) is 2.41. The highest BCUT2D eigenvalue weighted by molar-refractivity contribution is 5.86. The maximum atomic E-state index is 11.8. The first-order valence-corrected chi connectivity index (χ1v) is 7.81. The minimum Gasteiger partial charge on any atom is -0.462 e. The number of hydrogen-bond donors (Lipinski definition) is 0. The molecule has 1 aliphatic heterocycles. The Morgan fingerprint density at radius 2 is 2.04 bits per heavy atom. The van der Waals surface area contributed by atoms with Crippen LogP contribution in [0.15, 0.2) is 22.6 Å². The number of carbonyl (C=O) groups excluding carboxylic acids is 2. The number of carbonyl (C=O) groups is 2. The second-order valence-corrected chi connectivity index (χ2v) is 5.98. The topological polar surface area (TPSA) is 63.0 Å². The zero-order valence-electron chi connectivity index (χ0n) is 13.9. The molecule has 0 aliphatic carbocycles. The quantitative estimate of drug-likeness (QED) is 0.610. The van der Waals surface area contributed by atoms with Crippen molar-refractivity contribution in [1.82, 2.24) is 9.80 Å². The van der Waals surface area contributed by atoms with Crippen molar-refractivity contribution in [2.75, 3.05) is 33.7 Å². The van der Waals surface area contributed by atoms with Crippen molar-refractivity contribution in [3.05, 3.63) is 29.7 Å². The van der Waals surface area contributed by atoms with Gasteiger partial charge >= 0.3 is 5.97 Å². The number of rotatable bonds is 5. The first kappa shape index (κ1) is 17.3. The van der Waals surface area contributed by atoms with Crippen LogP contribution in [0.3, 0.4) is 0 Å². The molecule has 0 N–H and O–H groups in total. The van der Waals surface area contributed by atoms with Gasteiger partial charge in [0.15, 0.2) is 0 Å². The molecule has 1 aromatic rings. The molecule has 126 valence electrons. The van der Waals surface area contributed by atoms with E-state index >= 15 is 0 Å². The van der Waals surface area contributed by atoms with Crippen molar-refractivity contribution in [3.8, 4) is 0 Å². The Bertz CT molecular complexity index is 569. The summed E-state index contributed by atoms with van der Waals surface area (Å²) in [6.45, 7) is 3.80. The molecule has 1 aliphatic rings. The van der Waals surface area contributed by atoms with E-state index in [2.05, 4.69) is 4.90 Å². The fraction of sp³-hybridized carbons (Fsp3) is 0.529. The third-order valence-electron chi connectivity index (χ3n) is 3.82. The average Bonchev–Trinajstić information content (AvgIpc) is 2.92. The average molecular weight is 320 g/mol. The van der Waals surface area contributed by atoms with E-state index < -0.39 is 0 Å². The Morgan fingerprint density at radius 3 is 2.61 bits per heavy atom. The summed E-state index contributed by atoms with van der Waals surface area (Å²) in [6.07, 6.45) is 4.41. The van der Waals surface area contributed by atoms with Gasteiger partial charge in [0.1, 0.15) is 17.6 Å². The Morgan fingerprint density at radius 1 is 1.35 bits per heavy atom. The minimum atomic E-state index is -0.359. The molecule has 1 aromatic heterocycles. The lowest BCUT2D eigenvalue weighted by atomic mass is 10.1. The van der Waals surface area contributed by atoms with Gasteiger partial charge in [-0.15, -0.1) is 0 Å². The lowest BCUT2D eigenvalue weighted by Crippen LogP contribution is -2.43. The van der Waals surface area contributed by atoms with Gasteiger partial charge in [-0.25, -0.2) is 4.79 Å². The zero-order valence-corrected chi connectivity index (χ0v) is 13.9. The third kappa shape index (κ3) is 5.56. The number of likely N-dealkylation sites (tertiary alicyclic amines) is 1. The van der Waals surface area contributed by atoms with Gasteiger partial charge in [-0.05, 0) is 38.0 Å². The number of aryl methyl sites for hydroxylation is 1. The molecule has 0 aromatic carbocycles. The molecule has 1 saturated heterocycles. The number of likely N-dealkylation sites (N-methyl/N-ethyl adjacent to an activating group) is 1. The normalized spacial score (nSPS) is 16.7. The smallest absolute Gasteiger partial charge is 0.331 e. The van der Waals surface area contributed by atoms with Crippen LogP contribution in [0.2, 0.25) is 0 Å². The fourth-order valence-electron chi connectivity index (χ4n) is 2.41. The van der Waals surface area contributed by atoms with E-state index in [0.717, 1.165) is 31.7 Å². The number of hydrogen-bond acceptors (Lipinski definition) is 5. The Labute approximate surface area is 136 Å². The zero-order chi connectivity index (χ0) is 16.8. The molecule has 6 heteroatoms. The van der Waals surface area contributed by atoms with Gasteiger partial charge in [0, 0.05) is 33.3 Å². The summed E-state index contributed by atoms with van der Waals surface area (Å²) in [5.41, 5.74) is 0. The van der Waals surface area contributed by atoms with Crippen LogP contribution in [0.25, 0.3) is 6.08 Å². The number of piperidine rings is 1. The van der Waals surface area contributed by atoms with Gasteiger partial charge in [-0.1, -0.05) is 0 Å². The van der Waals surface area contributed by atoms with Crippen LogP contribution in [0.5, 0.6) is 0 Å². The molecular formula is C17H24N2O4. The van der Waals surface area contributed by atoms with Gasteiger partial charge in [0.25, 0.3) is 0 Å². The Kier molecular flexibility index (Phi) is 5.98. The number of esters is 1. The SMILES string of the molecule is Cc1ccc(/C=C/C(=O)OC2CCN(CC(=O)N(C)C)CC2)o1. The number of furan rings is 1. The molecule has 1 amide bonds. The van der Waals surface area contributed by atoms with Crippen molar-refractivity contribution < 1.29 is 18.7 Å². The summed E-state index contributed by atoms with van der Waals surface area (Å²) in [7, 11) is 3.51. The van der Waals surface area contributed by atoms with Crippen LogP contribution in [-0.4, -0.2) is 61.5 Å². The molecule has 0 atom stereocenters. The first-order valence-electron chi connectivity index (χ1n) is 7.81. The largest absolute Gasteiger partial charge is 0.462 e. The number of nitrogens with zero attached hydrogens (tertiary/aromatic N) is 2. The highest BCUT2D eigenvalue weighted by atomic mass is 16.5. The second-order valence-electron chi connectivity index (χ2n) is 5.98. The number of ether oxygens (including phenoxy) is 1. The van der Waals surface area contributed by atoms with Crippen molar-refractivity contribution >= 4 is 18.0 Å². The molecule has 0 spiro atoms. The van der Waals surface area contributed by atoms with Crippen LogP contribution >= 0.6 is 0 Å². The molecule has 0 radical (unpaired) electrons. The highest BCUT2D eigenvalue weighted by Crippen LogP contribution is 2.14. The summed E-state index contributed by atoms with van der Waals surface area (Å²) >= 11 is 0. The predicted molar refractivity (Wildman–Crippen MR) is 86.7 cm³/mol. The summed E-state index contributed by atoms with van der Waals surface area (Å²) in [4.78, 5) is 27.2. The van der Waals surface area contributed by atoms with Gasteiger partial charge in [0.2, 0.25) is 5.91 Å². The molecule has 1 fully saturated rings. The molecule has 23 heavy (non-hydrogen) atoms. The minimum absolute atomic E-state index is 0.0869. The van der Waals surface area contributed by atoms with Crippen LogP contribution in [0.1, 0.15) is 24.4 Å². The standard InChI is InChI=1S/C17H24N2O4/c1-13-4-5-14(22-13)6-7-17(21)23-15-8-10-19(11-9-15)12-16(20)18(2)3/h4-7,15H,8-12H2,1-3H3/b7-6+.